The molecule has 9 nitrogen and oxygen atoms in total. The second kappa shape index (κ2) is 10.3. The predicted octanol–water partition coefficient (Wildman–Crippen LogP) is 1.33. The van der Waals surface area contributed by atoms with Crippen LogP contribution in [-0.2, 0) is 26.0 Å². The Morgan fingerprint density at radius 2 is 1.61 bits per heavy atom. The molecule has 0 bridgehead atoms. The molecule has 0 aromatic heterocycles. The van der Waals surface area contributed by atoms with Crippen molar-refractivity contribution in [2.75, 3.05) is 19.0 Å². The Kier molecular flexibility index (Phi) is 7.48. The Bertz CT molecular complexity index is 1000. The number of ether oxygens (including phenoxy) is 1. The maximum atomic E-state index is 12.2. The van der Waals surface area contributed by atoms with Crippen LogP contribution in [0.25, 0.3) is 0 Å². The van der Waals surface area contributed by atoms with Gasteiger partial charge in [-0.25, -0.2) is 13.1 Å². The number of carbonyl (C=O) groups excluding carboxylic acids is 2. The molecule has 4 N–H and O–H groups in total. The first-order valence-electron chi connectivity index (χ1n) is 9.92. The summed E-state index contributed by atoms with van der Waals surface area (Å²) in [5.74, 6) is -0.0137. The Labute approximate surface area is 181 Å². The Morgan fingerprint density at radius 3 is 2.23 bits per heavy atom. The first kappa shape index (κ1) is 22.6. The summed E-state index contributed by atoms with van der Waals surface area (Å²) in [5.41, 5.74) is 6.30. The number of carbonyl (C=O) groups is 2. The number of aryl methyl sites for hydroxylation is 1. The van der Waals surface area contributed by atoms with Gasteiger partial charge in [-0.3, -0.25) is 20.4 Å². The van der Waals surface area contributed by atoms with Crippen molar-refractivity contribution in [3.63, 3.8) is 0 Å². The van der Waals surface area contributed by atoms with E-state index >= 15 is 0 Å². The molecule has 0 spiro atoms. The van der Waals surface area contributed by atoms with Crippen molar-refractivity contribution in [3.05, 3.63) is 54.1 Å². The molecule has 1 saturated carbocycles. The highest BCUT2D eigenvalue weighted by molar-refractivity contribution is 7.89. The molecule has 2 amide bonds. The molecule has 0 unspecified atom stereocenters. The van der Waals surface area contributed by atoms with E-state index in [4.69, 9.17) is 4.74 Å². The van der Waals surface area contributed by atoms with Crippen LogP contribution >= 0.6 is 0 Å². The standard InChI is InChI=1S/C21H26N4O5S/c1-30-18-9-7-16(8-10-18)22-14-21(27)24-23-20(26)13-4-15-2-11-19(12-3-15)31(28,29)25-17-5-6-17/h2-3,7-12,17,22,25H,4-6,13-14H2,1H3,(H,23,26)(H,24,27). The number of rotatable bonds is 10. The van der Waals surface area contributed by atoms with Crippen LogP contribution in [0.1, 0.15) is 24.8 Å². The van der Waals surface area contributed by atoms with Gasteiger partial charge in [0.1, 0.15) is 5.75 Å². The van der Waals surface area contributed by atoms with E-state index in [1.807, 2.05) is 0 Å². The van der Waals surface area contributed by atoms with E-state index in [0.717, 1.165) is 24.1 Å². The quantitative estimate of drug-likeness (QED) is 0.408. The maximum absolute atomic E-state index is 12.2. The molecule has 31 heavy (non-hydrogen) atoms. The fourth-order valence-corrected chi connectivity index (χ4v) is 4.02. The molecule has 2 aromatic rings. The van der Waals surface area contributed by atoms with Crippen molar-refractivity contribution >= 4 is 27.5 Å². The van der Waals surface area contributed by atoms with Crippen LogP contribution in [0.4, 0.5) is 5.69 Å². The molecule has 10 heteroatoms. The zero-order valence-electron chi connectivity index (χ0n) is 17.2. The lowest BCUT2D eigenvalue weighted by atomic mass is 10.1. The number of hydrogen-bond donors (Lipinski definition) is 4. The molecule has 1 fully saturated rings. The van der Waals surface area contributed by atoms with Gasteiger partial charge >= 0.3 is 0 Å². The molecule has 3 rings (SSSR count). The smallest absolute Gasteiger partial charge is 0.257 e. The van der Waals surface area contributed by atoms with Crippen LogP contribution in [0.5, 0.6) is 5.75 Å². The van der Waals surface area contributed by atoms with Crippen LogP contribution in [-0.4, -0.2) is 39.9 Å². The van der Waals surface area contributed by atoms with Gasteiger partial charge in [0, 0.05) is 18.2 Å². The fourth-order valence-electron chi connectivity index (χ4n) is 2.72. The fraction of sp³-hybridized carbons (Fsp3) is 0.333. The SMILES string of the molecule is COc1ccc(NCC(=O)NNC(=O)CCc2ccc(S(=O)(=O)NC3CC3)cc2)cc1. The zero-order chi connectivity index (χ0) is 22.3. The molecule has 166 valence electrons. The average molecular weight is 447 g/mol. The zero-order valence-corrected chi connectivity index (χ0v) is 18.0. The largest absolute Gasteiger partial charge is 0.497 e. The highest BCUT2D eigenvalue weighted by Crippen LogP contribution is 2.22. The number of nitrogens with one attached hydrogen (secondary N) is 4. The summed E-state index contributed by atoms with van der Waals surface area (Å²) in [6.45, 7) is -0.00254. The molecule has 1 aliphatic rings. The molecule has 0 heterocycles. The minimum absolute atomic E-state index is 0.00254. The molecule has 0 aliphatic heterocycles. The summed E-state index contributed by atoms with van der Waals surface area (Å²) in [6.07, 6.45) is 2.32. The van der Waals surface area contributed by atoms with E-state index in [2.05, 4.69) is 20.9 Å². The van der Waals surface area contributed by atoms with Gasteiger partial charge in [-0.05, 0) is 61.2 Å². The highest BCUT2D eigenvalue weighted by atomic mass is 32.2. The highest BCUT2D eigenvalue weighted by Gasteiger charge is 2.27. The Morgan fingerprint density at radius 1 is 0.968 bits per heavy atom. The predicted molar refractivity (Wildman–Crippen MR) is 116 cm³/mol. The lowest BCUT2D eigenvalue weighted by Crippen LogP contribution is -2.44. The number of hydrazine groups is 1. The summed E-state index contributed by atoms with van der Waals surface area (Å²) >= 11 is 0. The Hall–Kier alpha value is -3.11. The molecule has 0 atom stereocenters. The van der Waals surface area contributed by atoms with E-state index in [0.29, 0.717) is 12.2 Å². The van der Waals surface area contributed by atoms with E-state index < -0.39 is 10.0 Å². The van der Waals surface area contributed by atoms with Crippen LogP contribution in [0.2, 0.25) is 0 Å². The number of hydrogen-bond acceptors (Lipinski definition) is 6. The molecule has 0 radical (unpaired) electrons. The Balaban J connectivity index is 1.36. The van der Waals surface area contributed by atoms with Gasteiger partial charge in [0.15, 0.2) is 0 Å². The lowest BCUT2D eigenvalue weighted by Gasteiger charge is -2.10. The number of anilines is 1. The third-order valence-corrected chi connectivity index (χ3v) is 6.19. The van der Waals surface area contributed by atoms with Gasteiger partial charge in [-0.1, -0.05) is 12.1 Å². The summed E-state index contributed by atoms with van der Waals surface area (Å²) < 4.78 is 32.0. The van der Waals surface area contributed by atoms with Gasteiger partial charge in [-0.2, -0.15) is 0 Å². The van der Waals surface area contributed by atoms with Crippen LogP contribution in [0.3, 0.4) is 0 Å². The normalized spacial score (nSPS) is 13.3. The monoisotopic (exact) mass is 446 g/mol. The molecular formula is C21H26N4O5S. The van der Waals surface area contributed by atoms with E-state index in [1.165, 1.54) is 12.1 Å². The van der Waals surface area contributed by atoms with Gasteiger partial charge in [0.2, 0.25) is 15.9 Å². The summed E-state index contributed by atoms with van der Waals surface area (Å²) in [5, 5.41) is 2.94. The van der Waals surface area contributed by atoms with Crippen LogP contribution in [0, 0.1) is 0 Å². The van der Waals surface area contributed by atoms with Crippen molar-refractivity contribution < 1.29 is 22.7 Å². The van der Waals surface area contributed by atoms with Crippen LogP contribution in [0.15, 0.2) is 53.4 Å². The third-order valence-electron chi connectivity index (χ3n) is 4.66. The second-order valence-electron chi connectivity index (χ2n) is 7.22. The van der Waals surface area contributed by atoms with Gasteiger partial charge in [0.05, 0.1) is 18.6 Å². The van der Waals surface area contributed by atoms with E-state index in [1.54, 1.807) is 43.5 Å². The minimum Gasteiger partial charge on any atom is -0.497 e. The first-order chi connectivity index (χ1) is 14.9. The van der Waals surface area contributed by atoms with Crippen LogP contribution < -0.4 is 25.6 Å². The number of sulfonamides is 1. The van der Waals surface area contributed by atoms with Crippen molar-refractivity contribution in [1.29, 1.82) is 0 Å². The minimum atomic E-state index is -3.48. The van der Waals surface area contributed by atoms with Gasteiger partial charge < -0.3 is 10.1 Å². The van der Waals surface area contributed by atoms with Gasteiger partial charge in [0.25, 0.3) is 5.91 Å². The van der Waals surface area contributed by atoms with Crippen molar-refractivity contribution in [2.45, 2.75) is 36.6 Å². The summed E-state index contributed by atoms with van der Waals surface area (Å²) in [7, 11) is -1.91. The second-order valence-corrected chi connectivity index (χ2v) is 8.93. The van der Waals surface area contributed by atoms with E-state index in [9.17, 15) is 18.0 Å². The molecule has 0 saturated heterocycles. The third kappa shape index (κ3) is 7.26. The van der Waals surface area contributed by atoms with Crippen molar-refractivity contribution in [2.24, 2.45) is 0 Å². The average Bonchev–Trinajstić information content (AvgIpc) is 3.58. The molecule has 2 aromatic carbocycles. The summed E-state index contributed by atoms with van der Waals surface area (Å²) in [4.78, 5) is 24.0. The van der Waals surface area contributed by atoms with E-state index in [-0.39, 0.29) is 35.7 Å². The van der Waals surface area contributed by atoms with Crippen molar-refractivity contribution in [1.82, 2.24) is 15.6 Å². The number of amides is 2. The maximum Gasteiger partial charge on any atom is 0.257 e. The molecule has 1 aliphatic carbocycles. The number of methoxy groups -OCH3 is 1. The molecular weight excluding hydrogens is 420 g/mol. The van der Waals surface area contributed by atoms with Crippen molar-refractivity contribution in [3.8, 4) is 5.75 Å². The first-order valence-corrected chi connectivity index (χ1v) is 11.4. The topological polar surface area (TPSA) is 126 Å². The lowest BCUT2D eigenvalue weighted by molar-refractivity contribution is -0.128. The van der Waals surface area contributed by atoms with Gasteiger partial charge in [-0.15, -0.1) is 0 Å². The number of benzene rings is 2. The summed E-state index contributed by atoms with van der Waals surface area (Å²) in [6, 6.07) is 13.6.